The molecule has 5 saturated heterocycles. The van der Waals surface area contributed by atoms with Crippen molar-refractivity contribution in [3.8, 4) is 0 Å². The summed E-state index contributed by atoms with van der Waals surface area (Å²) < 4.78 is 5.13. The zero-order valence-electron chi connectivity index (χ0n) is 25.6. The van der Waals surface area contributed by atoms with Crippen molar-refractivity contribution >= 4 is 18.2 Å². The first-order valence-electron chi connectivity index (χ1n) is 17.1. The minimum absolute atomic E-state index is 0.162. The Labute approximate surface area is 251 Å². The fourth-order valence-corrected chi connectivity index (χ4v) is 8.90. The first-order valence-corrected chi connectivity index (χ1v) is 17.1. The van der Waals surface area contributed by atoms with E-state index in [-0.39, 0.29) is 18.2 Å². The second kappa shape index (κ2) is 13.6. The summed E-state index contributed by atoms with van der Waals surface area (Å²) in [6, 6.07) is 3.38. The highest BCUT2D eigenvalue weighted by atomic mass is 16.6. The molecule has 2 aliphatic carbocycles. The van der Waals surface area contributed by atoms with Crippen molar-refractivity contribution in [1.82, 2.24) is 35.6 Å². The largest absolute Gasteiger partial charge is 0.450 e. The molecule has 5 atom stereocenters. The van der Waals surface area contributed by atoms with E-state index >= 15 is 0 Å². The van der Waals surface area contributed by atoms with E-state index in [1.54, 1.807) is 0 Å². The molecule has 236 valence electrons. The third-order valence-electron chi connectivity index (χ3n) is 11.1. The fraction of sp³-hybridized carbons (Fsp3) is 0.903. The van der Waals surface area contributed by atoms with Gasteiger partial charge in [-0.05, 0) is 77.8 Å². The van der Waals surface area contributed by atoms with Gasteiger partial charge in [0, 0.05) is 44.3 Å². The van der Waals surface area contributed by atoms with Crippen LogP contribution in [0.15, 0.2) is 0 Å². The van der Waals surface area contributed by atoms with Gasteiger partial charge >= 0.3 is 18.2 Å². The Hall–Kier alpha value is -2.27. The number of carbonyl (C=O) groups excluding carboxylic acids is 3. The molecule has 5 amide bonds. The van der Waals surface area contributed by atoms with Crippen LogP contribution in [-0.2, 0) is 4.74 Å². The van der Waals surface area contributed by atoms with Crippen LogP contribution in [0.4, 0.5) is 14.4 Å². The number of nitrogens with zero attached hydrogens (tertiary/aromatic N) is 4. The summed E-state index contributed by atoms with van der Waals surface area (Å²) in [4.78, 5) is 45.1. The monoisotopic (exact) mass is 587 g/mol. The van der Waals surface area contributed by atoms with Crippen LogP contribution < -0.4 is 16.0 Å². The van der Waals surface area contributed by atoms with Crippen LogP contribution >= 0.6 is 0 Å². The van der Waals surface area contributed by atoms with E-state index in [9.17, 15) is 14.4 Å². The average molecular weight is 588 g/mol. The van der Waals surface area contributed by atoms with Gasteiger partial charge in [-0.25, -0.2) is 14.4 Å². The second-order valence-electron chi connectivity index (χ2n) is 13.5. The van der Waals surface area contributed by atoms with Gasteiger partial charge in [-0.3, -0.25) is 4.90 Å². The Morgan fingerprint density at radius 3 is 1.81 bits per heavy atom. The number of urea groups is 2. The molecule has 0 aromatic heterocycles. The maximum absolute atomic E-state index is 12.5. The number of hydrogen-bond donors (Lipinski definition) is 3. The third kappa shape index (κ3) is 6.32. The average Bonchev–Trinajstić information content (AvgIpc) is 3.73. The van der Waals surface area contributed by atoms with E-state index < -0.39 is 0 Å². The SMILES string of the molecule is CCOC(=O)N1CCC(N2CCC(N3C(=O)N[C@@H]4CCCC[C@H]43)CC2)C1.O=C1N[C@@H]2CCCC[C@H]2N1C1CCNCC1. The maximum atomic E-state index is 12.5. The molecule has 7 aliphatic rings. The van der Waals surface area contributed by atoms with Gasteiger partial charge in [0.05, 0.1) is 30.8 Å². The number of ether oxygens (including phenoxy) is 1. The molecular weight excluding hydrogens is 534 g/mol. The van der Waals surface area contributed by atoms with Crippen LogP contribution in [0.5, 0.6) is 0 Å². The highest BCUT2D eigenvalue weighted by Crippen LogP contribution is 2.34. The molecular formula is C31H53N7O4. The van der Waals surface area contributed by atoms with Crippen LogP contribution in [0.3, 0.4) is 0 Å². The highest BCUT2D eigenvalue weighted by molar-refractivity contribution is 5.78. The van der Waals surface area contributed by atoms with Gasteiger partial charge in [0.15, 0.2) is 0 Å². The summed E-state index contributed by atoms with van der Waals surface area (Å²) in [5.41, 5.74) is 0. The summed E-state index contributed by atoms with van der Waals surface area (Å²) in [5.74, 6) is 0. The van der Waals surface area contributed by atoms with Gasteiger partial charge in [-0.1, -0.05) is 25.7 Å². The van der Waals surface area contributed by atoms with Gasteiger partial charge in [0.25, 0.3) is 0 Å². The molecule has 11 nitrogen and oxygen atoms in total. The number of likely N-dealkylation sites (tertiary alicyclic amines) is 2. The molecule has 7 rings (SSSR count). The number of fused-ring (bicyclic) bond motifs is 2. The van der Waals surface area contributed by atoms with Crippen molar-refractivity contribution in [1.29, 1.82) is 0 Å². The molecule has 1 unspecified atom stereocenters. The summed E-state index contributed by atoms with van der Waals surface area (Å²) >= 11 is 0. The molecule has 3 N–H and O–H groups in total. The Kier molecular flexibility index (Phi) is 9.63. The van der Waals surface area contributed by atoms with Crippen LogP contribution in [0.25, 0.3) is 0 Å². The minimum atomic E-state index is -0.179. The standard InChI is InChI=1S/C19H32N4O3.C12H21N3O/c1-2-26-19(25)22-12-9-15(13-22)21-10-7-14(8-11-21)23-17-6-4-3-5-16(17)20-18(23)24;16-12-14-10-3-1-2-4-11(10)15(12)9-5-7-13-8-6-9/h14-17H,2-13H2,1H3,(H,20,24);9-11,13H,1-8H2,(H,14,16)/t15?,16-,17-;10-,11-/m11/s1. The lowest BCUT2D eigenvalue weighted by molar-refractivity contribution is 0.0796. The smallest absolute Gasteiger partial charge is 0.409 e. The Bertz CT molecular complexity index is 954. The summed E-state index contributed by atoms with van der Waals surface area (Å²) in [7, 11) is 0. The van der Waals surface area contributed by atoms with Crippen LogP contribution in [0, 0.1) is 0 Å². The summed E-state index contributed by atoms with van der Waals surface area (Å²) in [6.07, 6.45) is 14.9. The van der Waals surface area contributed by atoms with Crippen molar-refractivity contribution in [3.63, 3.8) is 0 Å². The number of hydrogen-bond acceptors (Lipinski definition) is 6. The molecule has 0 radical (unpaired) electrons. The van der Waals surface area contributed by atoms with E-state index in [2.05, 4.69) is 30.7 Å². The number of piperidine rings is 2. The first-order chi connectivity index (χ1) is 20.5. The number of amides is 5. The molecule has 2 saturated carbocycles. The normalized spacial score (nSPS) is 34.3. The van der Waals surface area contributed by atoms with Gasteiger partial charge in [0.1, 0.15) is 0 Å². The molecule has 42 heavy (non-hydrogen) atoms. The third-order valence-corrected chi connectivity index (χ3v) is 11.1. The van der Waals surface area contributed by atoms with Crippen LogP contribution in [0.1, 0.15) is 90.4 Å². The van der Waals surface area contributed by atoms with Crippen molar-refractivity contribution in [3.05, 3.63) is 0 Å². The Morgan fingerprint density at radius 2 is 1.24 bits per heavy atom. The van der Waals surface area contributed by atoms with Crippen molar-refractivity contribution in [2.75, 3.05) is 45.9 Å². The van der Waals surface area contributed by atoms with Crippen LogP contribution in [-0.4, -0.2) is 126 Å². The number of nitrogens with one attached hydrogen (secondary N) is 3. The predicted octanol–water partition coefficient (Wildman–Crippen LogP) is 3.09. The van der Waals surface area contributed by atoms with Gasteiger partial charge in [-0.15, -0.1) is 0 Å². The van der Waals surface area contributed by atoms with Crippen molar-refractivity contribution < 1.29 is 19.1 Å². The van der Waals surface area contributed by atoms with E-state index in [1.165, 1.54) is 38.5 Å². The Balaban J connectivity index is 0.000000168. The molecule has 0 aromatic rings. The summed E-state index contributed by atoms with van der Waals surface area (Å²) in [5, 5.41) is 9.75. The lowest BCUT2D eigenvalue weighted by Crippen LogP contribution is -2.52. The maximum Gasteiger partial charge on any atom is 0.409 e. The zero-order valence-corrected chi connectivity index (χ0v) is 25.6. The van der Waals surface area contributed by atoms with Crippen molar-refractivity contribution in [2.24, 2.45) is 0 Å². The fourth-order valence-electron chi connectivity index (χ4n) is 8.90. The molecule has 7 fully saturated rings. The lowest BCUT2D eigenvalue weighted by Gasteiger charge is -2.41. The topological polar surface area (TPSA) is 109 Å². The number of carbonyl (C=O) groups is 3. The molecule has 0 aromatic carbocycles. The number of rotatable bonds is 4. The molecule has 0 spiro atoms. The molecule has 5 heterocycles. The molecule has 0 bridgehead atoms. The predicted molar refractivity (Wildman–Crippen MR) is 160 cm³/mol. The summed E-state index contributed by atoms with van der Waals surface area (Å²) in [6.45, 7) is 8.02. The Morgan fingerprint density at radius 1 is 0.714 bits per heavy atom. The van der Waals surface area contributed by atoms with E-state index in [0.717, 1.165) is 84.2 Å². The van der Waals surface area contributed by atoms with Gasteiger partial charge < -0.3 is 35.4 Å². The van der Waals surface area contributed by atoms with E-state index in [1.807, 2.05) is 11.8 Å². The van der Waals surface area contributed by atoms with Crippen LogP contribution in [0.2, 0.25) is 0 Å². The molecule has 5 aliphatic heterocycles. The van der Waals surface area contributed by atoms with Gasteiger partial charge in [0.2, 0.25) is 0 Å². The highest BCUT2D eigenvalue weighted by Gasteiger charge is 2.45. The minimum Gasteiger partial charge on any atom is -0.450 e. The first kappa shape index (κ1) is 29.8. The molecule has 11 heteroatoms. The lowest BCUT2D eigenvalue weighted by atomic mass is 9.89. The second-order valence-corrected chi connectivity index (χ2v) is 13.5. The van der Waals surface area contributed by atoms with Gasteiger partial charge in [-0.2, -0.15) is 0 Å². The van der Waals surface area contributed by atoms with Crippen molar-refractivity contribution in [2.45, 2.75) is 133 Å². The quantitative estimate of drug-likeness (QED) is 0.467. The van der Waals surface area contributed by atoms with E-state index in [4.69, 9.17) is 4.74 Å². The zero-order chi connectivity index (χ0) is 29.1. The van der Waals surface area contributed by atoms with E-state index in [0.29, 0.717) is 48.9 Å².